The van der Waals surface area contributed by atoms with Crippen LogP contribution in [0, 0.1) is 13.8 Å². The molecular weight excluding hydrogens is 438 g/mol. The second kappa shape index (κ2) is 11.3. The lowest BCUT2D eigenvalue weighted by atomic mass is 10.1. The minimum Gasteiger partial charge on any atom is -0.352 e. The highest BCUT2D eigenvalue weighted by Crippen LogP contribution is 2.22. The summed E-state index contributed by atoms with van der Waals surface area (Å²) < 4.78 is 26.3. The summed E-state index contributed by atoms with van der Waals surface area (Å²) in [5.41, 5.74) is 3.26. The number of rotatable bonds is 10. The average Bonchev–Trinajstić information content (AvgIpc) is 2.70. The Labute approximate surface area is 197 Å². The molecule has 0 radical (unpaired) electrons. The van der Waals surface area contributed by atoms with Crippen LogP contribution in [0.25, 0.3) is 0 Å². The van der Waals surface area contributed by atoms with Crippen LogP contribution >= 0.6 is 0 Å². The zero-order valence-electron chi connectivity index (χ0n) is 20.3. The Morgan fingerprint density at radius 2 is 1.55 bits per heavy atom. The van der Waals surface area contributed by atoms with E-state index in [0.29, 0.717) is 18.7 Å². The van der Waals surface area contributed by atoms with Gasteiger partial charge in [-0.1, -0.05) is 36.4 Å². The molecule has 0 heterocycles. The Morgan fingerprint density at radius 3 is 2.06 bits per heavy atom. The van der Waals surface area contributed by atoms with Crippen LogP contribution in [0.15, 0.2) is 48.5 Å². The monoisotopic (exact) mass is 473 g/mol. The molecule has 2 aromatic carbocycles. The molecule has 2 rings (SSSR count). The third-order valence-corrected chi connectivity index (χ3v) is 6.40. The SMILES string of the molecule is Cc1cc(C)cc(N(CC(=O)N(CCc2ccccc2)[C@@H](C)C(=O)NC(C)C)S(C)(=O)=O)c1. The van der Waals surface area contributed by atoms with E-state index in [1.165, 1.54) is 4.90 Å². The molecule has 0 spiro atoms. The normalized spacial score (nSPS) is 12.3. The number of anilines is 1. The molecule has 0 bridgehead atoms. The van der Waals surface area contributed by atoms with Crippen LogP contribution in [0.1, 0.15) is 37.5 Å². The molecule has 0 aliphatic heterocycles. The largest absolute Gasteiger partial charge is 0.352 e. The molecule has 2 aromatic rings. The van der Waals surface area contributed by atoms with Crippen molar-refractivity contribution in [1.29, 1.82) is 0 Å². The summed E-state index contributed by atoms with van der Waals surface area (Å²) in [7, 11) is -3.73. The number of hydrogen-bond acceptors (Lipinski definition) is 4. The number of aryl methyl sites for hydroxylation is 2. The number of carbonyl (C=O) groups excluding carboxylic acids is 2. The molecule has 0 saturated heterocycles. The van der Waals surface area contributed by atoms with Gasteiger partial charge in [-0.25, -0.2) is 8.42 Å². The molecule has 0 aromatic heterocycles. The maximum atomic E-state index is 13.4. The molecule has 7 nitrogen and oxygen atoms in total. The number of hydrogen-bond donors (Lipinski definition) is 1. The van der Waals surface area contributed by atoms with Crippen molar-refractivity contribution >= 4 is 27.5 Å². The van der Waals surface area contributed by atoms with Gasteiger partial charge >= 0.3 is 0 Å². The summed E-state index contributed by atoms with van der Waals surface area (Å²) in [5, 5.41) is 2.84. The molecule has 0 saturated carbocycles. The molecular formula is C25H35N3O4S. The summed E-state index contributed by atoms with van der Waals surface area (Å²) in [6.07, 6.45) is 1.63. The lowest BCUT2D eigenvalue weighted by Crippen LogP contribution is -2.53. The minimum atomic E-state index is -3.73. The Bertz CT molecular complexity index is 1050. The van der Waals surface area contributed by atoms with Gasteiger partial charge in [0, 0.05) is 12.6 Å². The number of benzene rings is 2. The Balaban J connectivity index is 2.34. The summed E-state index contributed by atoms with van der Waals surface area (Å²) in [5.74, 6) is -0.703. The van der Waals surface area contributed by atoms with Gasteiger partial charge in [-0.2, -0.15) is 0 Å². The molecule has 0 unspecified atom stereocenters. The standard InChI is InChI=1S/C25H35N3O4S/c1-18(2)26-25(30)21(5)27(13-12-22-10-8-7-9-11-22)24(29)17-28(33(6,31)32)23-15-19(3)14-20(4)16-23/h7-11,14-16,18,21H,12-13,17H2,1-6H3,(H,26,30)/t21-/m0/s1. The van der Waals surface area contributed by atoms with Crippen LogP contribution in [0.5, 0.6) is 0 Å². The van der Waals surface area contributed by atoms with Gasteiger partial charge in [0.25, 0.3) is 0 Å². The first-order valence-electron chi connectivity index (χ1n) is 11.1. The van der Waals surface area contributed by atoms with E-state index < -0.39 is 22.0 Å². The summed E-state index contributed by atoms with van der Waals surface area (Å²) in [6, 6.07) is 14.3. The van der Waals surface area contributed by atoms with E-state index >= 15 is 0 Å². The van der Waals surface area contributed by atoms with Crippen LogP contribution < -0.4 is 9.62 Å². The predicted octanol–water partition coefficient (Wildman–Crippen LogP) is 3.05. The fourth-order valence-electron chi connectivity index (χ4n) is 3.68. The summed E-state index contributed by atoms with van der Waals surface area (Å²) in [6.45, 7) is 9.04. The van der Waals surface area contributed by atoms with Crippen LogP contribution in [-0.2, 0) is 26.0 Å². The van der Waals surface area contributed by atoms with Crippen molar-refractivity contribution in [2.75, 3.05) is 23.7 Å². The minimum absolute atomic E-state index is 0.0752. The van der Waals surface area contributed by atoms with E-state index in [0.717, 1.165) is 27.3 Å². The van der Waals surface area contributed by atoms with Crippen molar-refractivity contribution in [3.05, 3.63) is 65.2 Å². The lowest BCUT2D eigenvalue weighted by molar-refractivity contribution is -0.139. The maximum absolute atomic E-state index is 13.4. The van der Waals surface area contributed by atoms with E-state index in [-0.39, 0.29) is 18.5 Å². The second-order valence-corrected chi connectivity index (χ2v) is 10.7. The first kappa shape index (κ1) is 26.4. The number of nitrogens with zero attached hydrogens (tertiary/aromatic N) is 2. The van der Waals surface area contributed by atoms with Gasteiger partial charge < -0.3 is 10.2 Å². The summed E-state index contributed by atoms with van der Waals surface area (Å²) >= 11 is 0. The topological polar surface area (TPSA) is 86.8 Å². The second-order valence-electron chi connectivity index (χ2n) is 8.78. The fourth-order valence-corrected chi connectivity index (χ4v) is 4.52. The molecule has 0 fully saturated rings. The number of carbonyl (C=O) groups is 2. The number of nitrogens with one attached hydrogen (secondary N) is 1. The van der Waals surface area contributed by atoms with Crippen molar-refractivity contribution < 1.29 is 18.0 Å². The zero-order chi connectivity index (χ0) is 24.8. The van der Waals surface area contributed by atoms with Gasteiger partial charge in [-0.05, 0) is 69.9 Å². The van der Waals surface area contributed by atoms with Gasteiger partial charge in [0.05, 0.1) is 11.9 Å². The third kappa shape index (κ3) is 7.89. The smallest absolute Gasteiger partial charge is 0.244 e. The first-order valence-corrected chi connectivity index (χ1v) is 12.9. The Hall–Kier alpha value is -2.87. The van der Waals surface area contributed by atoms with E-state index in [1.54, 1.807) is 19.1 Å². The molecule has 1 atom stereocenters. The van der Waals surface area contributed by atoms with E-state index in [1.807, 2.05) is 64.1 Å². The van der Waals surface area contributed by atoms with Crippen LogP contribution in [-0.4, -0.2) is 56.6 Å². The van der Waals surface area contributed by atoms with Crippen LogP contribution in [0.4, 0.5) is 5.69 Å². The van der Waals surface area contributed by atoms with Crippen molar-refractivity contribution in [2.24, 2.45) is 0 Å². The van der Waals surface area contributed by atoms with E-state index in [2.05, 4.69) is 5.32 Å². The number of sulfonamides is 1. The van der Waals surface area contributed by atoms with Crippen molar-refractivity contribution in [1.82, 2.24) is 10.2 Å². The Morgan fingerprint density at radius 1 is 0.970 bits per heavy atom. The molecule has 0 aliphatic carbocycles. The van der Waals surface area contributed by atoms with E-state index in [9.17, 15) is 18.0 Å². The van der Waals surface area contributed by atoms with Crippen molar-refractivity contribution in [3.63, 3.8) is 0 Å². The molecule has 180 valence electrons. The van der Waals surface area contributed by atoms with Crippen LogP contribution in [0.3, 0.4) is 0 Å². The molecule has 2 amide bonds. The molecule has 1 N–H and O–H groups in total. The molecule has 33 heavy (non-hydrogen) atoms. The van der Waals surface area contributed by atoms with Gasteiger partial charge in [-0.15, -0.1) is 0 Å². The first-order chi connectivity index (χ1) is 15.4. The van der Waals surface area contributed by atoms with Gasteiger partial charge in [-0.3, -0.25) is 13.9 Å². The average molecular weight is 474 g/mol. The summed E-state index contributed by atoms with van der Waals surface area (Å²) in [4.78, 5) is 27.6. The third-order valence-electron chi connectivity index (χ3n) is 5.26. The molecule has 0 aliphatic rings. The quantitative estimate of drug-likeness (QED) is 0.575. The Kier molecular flexibility index (Phi) is 9.05. The van der Waals surface area contributed by atoms with Crippen molar-refractivity contribution in [3.8, 4) is 0 Å². The highest BCUT2D eigenvalue weighted by molar-refractivity contribution is 7.92. The zero-order valence-corrected chi connectivity index (χ0v) is 21.1. The number of amides is 2. The predicted molar refractivity (Wildman–Crippen MR) is 133 cm³/mol. The van der Waals surface area contributed by atoms with Gasteiger partial charge in [0.15, 0.2) is 0 Å². The highest BCUT2D eigenvalue weighted by Gasteiger charge is 2.30. The lowest BCUT2D eigenvalue weighted by Gasteiger charge is -2.32. The molecule has 8 heteroatoms. The van der Waals surface area contributed by atoms with Crippen molar-refractivity contribution in [2.45, 2.75) is 53.1 Å². The van der Waals surface area contributed by atoms with Gasteiger partial charge in [0.1, 0.15) is 12.6 Å². The fraction of sp³-hybridized carbons (Fsp3) is 0.440. The van der Waals surface area contributed by atoms with Crippen LogP contribution in [0.2, 0.25) is 0 Å². The maximum Gasteiger partial charge on any atom is 0.244 e. The van der Waals surface area contributed by atoms with Gasteiger partial charge in [0.2, 0.25) is 21.8 Å². The highest BCUT2D eigenvalue weighted by atomic mass is 32.2. The van der Waals surface area contributed by atoms with E-state index in [4.69, 9.17) is 0 Å².